The molecule has 1 N–H and O–H groups in total. The van der Waals surface area contributed by atoms with Crippen molar-refractivity contribution in [1.29, 1.82) is 0 Å². The van der Waals surface area contributed by atoms with Crippen molar-refractivity contribution < 1.29 is 9.90 Å². The second-order valence-electron chi connectivity index (χ2n) is 7.04. The number of fused-ring (bicyclic) bond motifs is 1. The van der Waals surface area contributed by atoms with E-state index in [-0.39, 0.29) is 0 Å². The van der Waals surface area contributed by atoms with Gasteiger partial charge in [-0.15, -0.1) is 0 Å². The van der Waals surface area contributed by atoms with Gasteiger partial charge in [0.05, 0.1) is 17.8 Å². The molecule has 0 saturated carbocycles. The molecule has 2 aromatic heterocycles. The van der Waals surface area contributed by atoms with Crippen LogP contribution < -0.4 is 0 Å². The Bertz CT molecular complexity index is 1180. The maximum Gasteiger partial charge on any atom is 0.336 e. The molecule has 146 valence electrons. The molecule has 0 bridgehead atoms. The summed E-state index contributed by atoms with van der Waals surface area (Å²) in [5, 5.41) is 9.43. The Balaban J connectivity index is 1.69. The van der Waals surface area contributed by atoms with Crippen molar-refractivity contribution >= 4 is 17.1 Å². The third-order valence-electron chi connectivity index (χ3n) is 5.03. The highest BCUT2D eigenvalue weighted by atomic mass is 16.4. The molecule has 0 spiro atoms. The van der Waals surface area contributed by atoms with Gasteiger partial charge in [-0.05, 0) is 36.1 Å². The number of aromatic carboxylic acids is 1. The molecule has 4 aromatic rings. The summed E-state index contributed by atoms with van der Waals surface area (Å²) in [5.41, 5.74) is 5.59. The van der Waals surface area contributed by atoms with Crippen molar-refractivity contribution in [2.45, 2.75) is 33.2 Å². The molecule has 0 amide bonds. The molecule has 0 aliphatic carbocycles. The van der Waals surface area contributed by atoms with E-state index in [2.05, 4.69) is 21.5 Å². The highest BCUT2D eigenvalue weighted by molar-refractivity contribution is 5.96. The van der Waals surface area contributed by atoms with Crippen LogP contribution in [0.1, 0.15) is 40.8 Å². The minimum absolute atomic E-state index is 0.304. The van der Waals surface area contributed by atoms with Crippen LogP contribution in [-0.2, 0) is 13.0 Å². The molecule has 0 radical (unpaired) electrons. The summed E-state index contributed by atoms with van der Waals surface area (Å²) in [6, 6.07) is 15.1. The SMILES string of the molecule is CCCc1nc2c(C)ncnc2n1Cc1ccc(-c2ccccc2C(=O)O)cc1. The van der Waals surface area contributed by atoms with E-state index in [0.717, 1.165) is 52.2 Å². The van der Waals surface area contributed by atoms with Crippen LogP contribution in [0, 0.1) is 6.92 Å². The van der Waals surface area contributed by atoms with Gasteiger partial charge < -0.3 is 9.67 Å². The molecular formula is C23H22N4O2. The maximum atomic E-state index is 11.5. The number of carboxylic acid groups (broad SMARTS) is 1. The summed E-state index contributed by atoms with van der Waals surface area (Å²) in [5.74, 6) is 0.0835. The van der Waals surface area contributed by atoms with Gasteiger partial charge in [-0.1, -0.05) is 49.4 Å². The number of aromatic nitrogens is 4. The first-order chi connectivity index (χ1) is 14.1. The summed E-state index contributed by atoms with van der Waals surface area (Å²) in [4.78, 5) is 25.0. The van der Waals surface area contributed by atoms with Crippen LogP contribution in [0.15, 0.2) is 54.9 Å². The molecule has 0 fully saturated rings. The van der Waals surface area contributed by atoms with E-state index in [1.54, 1.807) is 18.5 Å². The van der Waals surface area contributed by atoms with Gasteiger partial charge >= 0.3 is 5.97 Å². The van der Waals surface area contributed by atoms with Crippen LogP contribution in [0.5, 0.6) is 0 Å². The van der Waals surface area contributed by atoms with Gasteiger partial charge in [-0.3, -0.25) is 0 Å². The van der Waals surface area contributed by atoms with Gasteiger partial charge in [0.2, 0.25) is 0 Å². The van der Waals surface area contributed by atoms with Gasteiger partial charge in [0, 0.05) is 6.42 Å². The van der Waals surface area contributed by atoms with E-state index in [0.29, 0.717) is 12.1 Å². The molecule has 2 heterocycles. The van der Waals surface area contributed by atoms with Gasteiger partial charge in [-0.25, -0.2) is 19.7 Å². The zero-order valence-electron chi connectivity index (χ0n) is 16.5. The Hall–Kier alpha value is -3.54. The van der Waals surface area contributed by atoms with Crippen LogP contribution in [0.4, 0.5) is 0 Å². The van der Waals surface area contributed by atoms with E-state index in [9.17, 15) is 9.90 Å². The smallest absolute Gasteiger partial charge is 0.336 e. The molecule has 0 atom stereocenters. The molecule has 0 unspecified atom stereocenters. The molecule has 0 aliphatic rings. The minimum atomic E-state index is -0.922. The van der Waals surface area contributed by atoms with Crippen molar-refractivity contribution in [3.63, 3.8) is 0 Å². The van der Waals surface area contributed by atoms with E-state index < -0.39 is 5.97 Å². The van der Waals surface area contributed by atoms with Gasteiger partial charge in [0.1, 0.15) is 17.7 Å². The molecule has 0 saturated heterocycles. The Morgan fingerprint density at radius 1 is 1.07 bits per heavy atom. The zero-order chi connectivity index (χ0) is 20.4. The third kappa shape index (κ3) is 3.61. The molecule has 0 aliphatic heterocycles. The maximum absolute atomic E-state index is 11.5. The monoisotopic (exact) mass is 386 g/mol. The predicted octanol–water partition coefficient (Wildman–Crippen LogP) is 4.50. The van der Waals surface area contributed by atoms with Gasteiger partial charge in [0.25, 0.3) is 0 Å². The van der Waals surface area contributed by atoms with Crippen LogP contribution in [-0.4, -0.2) is 30.6 Å². The van der Waals surface area contributed by atoms with Crippen LogP contribution in [0.3, 0.4) is 0 Å². The predicted molar refractivity (Wildman–Crippen MR) is 112 cm³/mol. The quantitative estimate of drug-likeness (QED) is 0.528. The Morgan fingerprint density at radius 2 is 1.83 bits per heavy atom. The largest absolute Gasteiger partial charge is 0.478 e. The van der Waals surface area contributed by atoms with Gasteiger partial charge in [-0.2, -0.15) is 0 Å². The fraction of sp³-hybridized carbons (Fsp3) is 0.217. The van der Waals surface area contributed by atoms with Crippen molar-refractivity contribution in [2.24, 2.45) is 0 Å². The second kappa shape index (κ2) is 7.83. The first-order valence-electron chi connectivity index (χ1n) is 9.66. The molecule has 6 nitrogen and oxygen atoms in total. The molecule has 6 heteroatoms. The van der Waals surface area contributed by atoms with Crippen molar-refractivity contribution in [2.75, 3.05) is 0 Å². The number of nitrogens with zero attached hydrogens (tertiary/aromatic N) is 4. The van der Waals surface area contributed by atoms with Crippen molar-refractivity contribution in [1.82, 2.24) is 19.5 Å². The van der Waals surface area contributed by atoms with E-state index in [1.165, 1.54) is 0 Å². The van der Waals surface area contributed by atoms with Crippen LogP contribution in [0.2, 0.25) is 0 Å². The van der Waals surface area contributed by atoms with Crippen molar-refractivity contribution in [3.05, 3.63) is 77.5 Å². The minimum Gasteiger partial charge on any atom is -0.478 e. The Kier molecular flexibility index (Phi) is 5.08. The highest BCUT2D eigenvalue weighted by Gasteiger charge is 2.15. The number of aryl methyl sites for hydroxylation is 2. The lowest BCUT2D eigenvalue weighted by molar-refractivity contribution is 0.0697. The van der Waals surface area contributed by atoms with E-state index >= 15 is 0 Å². The lowest BCUT2D eigenvalue weighted by Gasteiger charge is -2.10. The Labute approximate surface area is 168 Å². The molecule has 2 aromatic carbocycles. The topological polar surface area (TPSA) is 80.9 Å². The fourth-order valence-corrected chi connectivity index (χ4v) is 3.57. The zero-order valence-corrected chi connectivity index (χ0v) is 16.5. The normalized spacial score (nSPS) is 11.1. The van der Waals surface area contributed by atoms with Crippen LogP contribution >= 0.6 is 0 Å². The number of benzene rings is 2. The standard InChI is InChI=1S/C23H22N4O2/c1-3-6-20-26-21-15(2)24-14-25-22(21)27(20)13-16-9-11-17(12-10-16)18-7-4-5-8-19(18)23(28)29/h4-5,7-12,14H,3,6,13H2,1-2H3,(H,28,29). The molecular weight excluding hydrogens is 364 g/mol. The lowest BCUT2D eigenvalue weighted by Crippen LogP contribution is -2.06. The highest BCUT2D eigenvalue weighted by Crippen LogP contribution is 2.25. The number of carbonyl (C=O) groups is 1. The summed E-state index contributed by atoms with van der Waals surface area (Å²) < 4.78 is 2.15. The molecule has 4 rings (SSSR count). The summed E-state index contributed by atoms with van der Waals surface area (Å²) in [7, 11) is 0. The summed E-state index contributed by atoms with van der Waals surface area (Å²) in [6.07, 6.45) is 3.46. The van der Waals surface area contributed by atoms with E-state index in [1.807, 2.05) is 43.3 Å². The summed E-state index contributed by atoms with van der Waals surface area (Å²) in [6.45, 7) is 4.74. The number of carboxylic acids is 1. The lowest BCUT2D eigenvalue weighted by atomic mass is 9.99. The average Bonchev–Trinajstić information content (AvgIpc) is 3.07. The second-order valence-corrected chi connectivity index (χ2v) is 7.04. The number of rotatable bonds is 6. The van der Waals surface area contributed by atoms with Gasteiger partial charge in [0.15, 0.2) is 5.65 Å². The number of imidazole rings is 1. The number of hydrogen-bond acceptors (Lipinski definition) is 4. The number of hydrogen-bond donors (Lipinski definition) is 1. The average molecular weight is 386 g/mol. The Morgan fingerprint density at radius 3 is 2.55 bits per heavy atom. The molecule has 29 heavy (non-hydrogen) atoms. The first-order valence-corrected chi connectivity index (χ1v) is 9.66. The van der Waals surface area contributed by atoms with Crippen LogP contribution in [0.25, 0.3) is 22.3 Å². The van der Waals surface area contributed by atoms with Crippen molar-refractivity contribution in [3.8, 4) is 11.1 Å². The third-order valence-corrected chi connectivity index (χ3v) is 5.03. The van der Waals surface area contributed by atoms with E-state index in [4.69, 9.17) is 4.98 Å². The first kappa shape index (κ1) is 18.8. The summed E-state index contributed by atoms with van der Waals surface area (Å²) >= 11 is 0. The fourth-order valence-electron chi connectivity index (χ4n) is 3.57.